The van der Waals surface area contributed by atoms with E-state index in [-0.39, 0.29) is 22.8 Å². The summed E-state index contributed by atoms with van der Waals surface area (Å²) in [5.41, 5.74) is 5.95. The van der Waals surface area contributed by atoms with Gasteiger partial charge in [0.1, 0.15) is 11.5 Å². The zero-order valence-corrected chi connectivity index (χ0v) is 11.5. The van der Waals surface area contributed by atoms with Crippen molar-refractivity contribution in [3.05, 3.63) is 18.1 Å². The average Bonchev–Trinajstić information content (AvgIpc) is 2.40. The van der Waals surface area contributed by atoms with Crippen LogP contribution in [0, 0.1) is 5.41 Å². The molecule has 1 aliphatic rings. The molecule has 1 amide bonds. The van der Waals surface area contributed by atoms with Crippen molar-refractivity contribution in [1.82, 2.24) is 20.2 Å². The van der Waals surface area contributed by atoms with Crippen LogP contribution in [0.1, 0.15) is 30.3 Å². The van der Waals surface area contributed by atoms with Crippen LogP contribution in [0.4, 0.5) is 5.82 Å². The molecule has 3 N–H and O–H groups in total. The number of anilines is 1. The highest BCUT2D eigenvalue weighted by Crippen LogP contribution is 2.29. The summed E-state index contributed by atoms with van der Waals surface area (Å²) in [5.74, 6) is 0.0538. The first-order valence-corrected chi connectivity index (χ1v) is 6.53. The number of likely N-dealkylation sites (tertiary alicyclic amines) is 1. The average molecular weight is 263 g/mol. The highest BCUT2D eigenvalue weighted by atomic mass is 16.1. The van der Waals surface area contributed by atoms with Gasteiger partial charge in [0.05, 0.1) is 12.4 Å². The van der Waals surface area contributed by atoms with Gasteiger partial charge in [-0.25, -0.2) is 4.98 Å². The van der Waals surface area contributed by atoms with E-state index in [1.54, 1.807) is 0 Å². The van der Waals surface area contributed by atoms with Gasteiger partial charge in [-0.15, -0.1) is 0 Å². The number of hydrogen-bond donors (Lipinski definition) is 2. The monoisotopic (exact) mass is 263 g/mol. The molecule has 6 nitrogen and oxygen atoms in total. The first-order chi connectivity index (χ1) is 8.98. The second-order valence-electron chi connectivity index (χ2n) is 5.63. The van der Waals surface area contributed by atoms with Gasteiger partial charge in [0, 0.05) is 6.54 Å². The number of amides is 1. The maximum atomic E-state index is 12.0. The van der Waals surface area contributed by atoms with Gasteiger partial charge in [-0.1, -0.05) is 6.92 Å². The number of nitrogens with two attached hydrogens (primary N) is 1. The Hall–Kier alpha value is -1.69. The Balaban J connectivity index is 1.90. The molecule has 104 valence electrons. The zero-order valence-electron chi connectivity index (χ0n) is 11.5. The minimum Gasteiger partial charge on any atom is -0.382 e. The van der Waals surface area contributed by atoms with E-state index in [0.717, 1.165) is 25.9 Å². The fourth-order valence-corrected chi connectivity index (χ4v) is 2.21. The van der Waals surface area contributed by atoms with E-state index in [0.29, 0.717) is 6.54 Å². The minimum absolute atomic E-state index is 0.163. The van der Waals surface area contributed by atoms with Crippen molar-refractivity contribution in [2.24, 2.45) is 5.41 Å². The highest BCUT2D eigenvalue weighted by Gasteiger charge is 2.29. The standard InChI is InChI=1S/C13H21N5O/c1-13(3-5-18(2)6-4-13)9-16-12(19)10-7-15-8-11(14)17-10/h7-8H,3-6,9H2,1-2H3,(H2,14,17)(H,16,19). The second-order valence-corrected chi connectivity index (χ2v) is 5.63. The fraction of sp³-hybridized carbons (Fsp3) is 0.615. The van der Waals surface area contributed by atoms with Crippen molar-refractivity contribution in [2.45, 2.75) is 19.8 Å². The van der Waals surface area contributed by atoms with E-state index in [9.17, 15) is 4.79 Å². The van der Waals surface area contributed by atoms with E-state index < -0.39 is 0 Å². The van der Waals surface area contributed by atoms with Gasteiger partial charge in [-0.3, -0.25) is 9.78 Å². The SMILES string of the molecule is CN1CCC(C)(CNC(=O)c2cncc(N)n2)CC1. The molecule has 1 aromatic heterocycles. The van der Waals surface area contributed by atoms with Crippen molar-refractivity contribution < 1.29 is 4.79 Å². The summed E-state index contributed by atoms with van der Waals surface area (Å²) in [6, 6.07) is 0. The number of aromatic nitrogens is 2. The summed E-state index contributed by atoms with van der Waals surface area (Å²) in [6.45, 7) is 5.02. The molecule has 1 aliphatic heterocycles. The van der Waals surface area contributed by atoms with E-state index in [1.807, 2.05) is 0 Å². The van der Waals surface area contributed by atoms with Crippen LogP contribution in [-0.4, -0.2) is 47.5 Å². The molecule has 0 radical (unpaired) electrons. The molecule has 1 saturated heterocycles. The molecule has 0 bridgehead atoms. The number of nitrogens with one attached hydrogen (secondary N) is 1. The molecular formula is C13H21N5O. The molecule has 0 saturated carbocycles. The molecule has 2 heterocycles. The number of carbonyl (C=O) groups is 1. The maximum Gasteiger partial charge on any atom is 0.271 e. The van der Waals surface area contributed by atoms with Crippen LogP contribution in [-0.2, 0) is 0 Å². The van der Waals surface area contributed by atoms with Crippen LogP contribution in [0.5, 0.6) is 0 Å². The molecule has 0 spiro atoms. The van der Waals surface area contributed by atoms with Crippen molar-refractivity contribution in [3.63, 3.8) is 0 Å². The molecule has 19 heavy (non-hydrogen) atoms. The van der Waals surface area contributed by atoms with Crippen LogP contribution in [0.15, 0.2) is 12.4 Å². The van der Waals surface area contributed by atoms with Gasteiger partial charge in [0.15, 0.2) is 0 Å². The van der Waals surface area contributed by atoms with Gasteiger partial charge in [-0.2, -0.15) is 0 Å². The van der Waals surface area contributed by atoms with Gasteiger partial charge >= 0.3 is 0 Å². The predicted octanol–water partition coefficient (Wildman–Crippen LogP) is 0.521. The Morgan fingerprint density at radius 1 is 1.47 bits per heavy atom. The largest absolute Gasteiger partial charge is 0.382 e. The lowest BCUT2D eigenvalue weighted by Crippen LogP contribution is -2.43. The number of piperidine rings is 1. The maximum absolute atomic E-state index is 12.0. The summed E-state index contributed by atoms with van der Waals surface area (Å²) in [6.07, 6.45) is 5.04. The van der Waals surface area contributed by atoms with Gasteiger partial charge in [0.25, 0.3) is 5.91 Å². The number of hydrogen-bond acceptors (Lipinski definition) is 5. The fourth-order valence-electron chi connectivity index (χ4n) is 2.21. The highest BCUT2D eigenvalue weighted by molar-refractivity contribution is 5.92. The van der Waals surface area contributed by atoms with E-state index in [4.69, 9.17) is 5.73 Å². The summed E-state index contributed by atoms with van der Waals surface area (Å²) in [5, 5.41) is 2.94. The lowest BCUT2D eigenvalue weighted by Gasteiger charge is -2.37. The summed E-state index contributed by atoms with van der Waals surface area (Å²) in [4.78, 5) is 22.1. The third-order valence-electron chi connectivity index (χ3n) is 3.76. The van der Waals surface area contributed by atoms with Gasteiger partial charge in [0.2, 0.25) is 0 Å². The van der Waals surface area contributed by atoms with Crippen molar-refractivity contribution in [1.29, 1.82) is 0 Å². The molecule has 0 aliphatic carbocycles. The smallest absolute Gasteiger partial charge is 0.271 e. The van der Waals surface area contributed by atoms with Crippen molar-refractivity contribution >= 4 is 11.7 Å². The number of rotatable bonds is 3. The normalized spacial score (nSPS) is 19.1. The molecule has 0 aromatic carbocycles. The quantitative estimate of drug-likeness (QED) is 0.830. The Morgan fingerprint density at radius 3 is 2.79 bits per heavy atom. The first kappa shape index (κ1) is 13.7. The zero-order chi connectivity index (χ0) is 13.9. The van der Waals surface area contributed by atoms with E-state index in [2.05, 4.69) is 34.2 Å². The lowest BCUT2D eigenvalue weighted by atomic mass is 9.80. The van der Waals surface area contributed by atoms with Crippen LogP contribution in [0.25, 0.3) is 0 Å². The first-order valence-electron chi connectivity index (χ1n) is 6.53. The summed E-state index contributed by atoms with van der Waals surface area (Å²) in [7, 11) is 2.13. The van der Waals surface area contributed by atoms with Crippen molar-refractivity contribution in [3.8, 4) is 0 Å². The van der Waals surface area contributed by atoms with Crippen LogP contribution >= 0.6 is 0 Å². The molecule has 2 rings (SSSR count). The topological polar surface area (TPSA) is 84.1 Å². The molecular weight excluding hydrogens is 242 g/mol. The van der Waals surface area contributed by atoms with Crippen LogP contribution < -0.4 is 11.1 Å². The second kappa shape index (κ2) is 5.52. The van der Waals surface area contributed by atoms with Gasteiger partial charge in [-0.05, 0) is 38.4 Å². The number of nitrogens with zero attached hydrogens (tertiary/aromatic N) is 3. The van der Waals surface area contributed by atoms with Crippen LogP contribution in [0.3, 0.4) is 0 Å². The summed E-state index contributed by atoms with van der Waals surface area (Å²) < 4.78 is 0. The lowest BCUT2D eigenvalue weighted by molar-refractivity contribution is 0.0886. The molecule has 1 aromatic rings. The Kier molecular flexibility index (Phi) is 3.99. The predicted molar refractivity (Wildman–Crippen MR) is 73.6 cm³/mol. The Labute approximate surface area is 113 Å². The molecule has 0 atom stereocenters. The Bertz CT molecular complexity index is 454. The van der Waals surface area contributed by atoms with E-state index in [1.165, 1.54) is 12.4 Å². The van der Waals surface area contributed by atoms with Crippen LogP contribution in [0.2, 0.25) is 0 Å². The number of carbonyl (C=O) groups excluding carboxylic acids is 1. The summed E-state index contributed by atoms with van der Waals surface area (Å²) >= 11 is 0. The molecule has 0 unspecified atom stereocenters. The Morgan fingerprint density at radius 2 is 2.16 bits per heavy atom. The minimum atomic E-state index is -0.208. The number of nitrogen functional groups attached to an aromatic ring is 1. The third kappa shape index (κ3) is 3.64. The van der Waals surface area contributed by atoms with Crippen molar-refractivity contribution in [2.75, 3.05) is 32.4 Å². The molecule has 6 heteroatoms. The van der Waals surface area contributed by atoms with Gasteiger partial charge < -0.3 is 16.0 Å². The van der Waals surface area contributed by atoms with E-state index >= 15 is 0 Å². The third-order valence-corrected chi connectivity index (χ3v) is 3.76. The molecule has 1 fully saturated rings.